The first-order valence-corrected chi connectivity index (χ1v) is 5.75. The van der Waals surface area contributed by atoms with Crippen molar-refractivity contribution in [2.45, 2.75) is 12.3 Å². The van der Waals surface area contributed by atoms with Gasteiger partial charge >= 0.3 is 0 Å². The number of nitrogens with zero attached hydrogens (tertiary/aromatic N) is 2. The van der Waals surface area contributed by atoms with E-state index in [0.29, 0.717) is 11.0 Å². The molecule has 1 aliphatic rings. The zero-order chi connectivity index (χ0) is 10.3. The van der Waals surface area contributed by atoms with Gasteiger partial charge in [0, 0.05) is 18.2 Å². The van der Waals surface area contributed by atoms with E-state index in [2.05, 4.69) is 9.97 Å². The Kier molecular flexibility index (Phi) is 2.07. The molecule has 1 aliphatic heterocycles. The quantitative estimate of drug-likeness (QED) is 0.797. The van der Waals surface area contributed by atoms with Crippen molar-refractivity contribution in [2.24, 2.45) is 0 Å². The lowest BCUT2D eigenvalue weighted by Crippen LogP contribution is -1.99. The Labute approximate surface area is 91.1 Å². The summed E-state index contributed by atoms with van der Waals surface area (Å²) in [6.45, 7) is 1.63. The summed E-state index contributed by atoms with van der Waals surface area (Å²) in [5.41, 5.74) is 7.63. The topological polar surface area (TPSA) is 61.0 Å². The smallest absolute Gasteiger partial charge is 0.182 e. The van der Waals surface area contributed by atoms with Crippen LogP contribution in [0.1, 0.15) is 18.0 Å². The minimum Gasteiger partial charge on any atom is -0.381 e. The summed E-state index contributed by atoms with van der Waals surface area (Å²) in [7, 11) is 0. The van der Waals surface area contributed by atoms with E-state index in [9.17, 15) is 0 Å². The van der Waals surface area contributed by atoms with Gasteiger partial charge in [-0.25, -0.2) is 9.97 Å². The molecule has 1 fully saturated rings. The van der Waals surface area contributed by atoms with Crippen LogP contribution in [0.5, 0.6) is 0 Å². The van der Waals surface area contributed by atoms with Crippen molar-refractivity contribution in [3.63, 3.8) is 0 Å². The van der Waals surface area contributed by atoms with Gasteiger partial charge in [-0.05, 0) is 18.6 Å². The van der Waals surface area contributed by atoms with E-state index >= 15 is 0 Å². The zero-order valence-corrected chi connectivity index (χ0v) is 8.96. The molecule has 15 heavy (non-hydrogen) atoms. The highest BCUT2D eigenvalue weighted by molar-refractivity contribution is 7.21. The molecule has 3 heterocycles. The van der Waals surface area contributed by atoms with Crippen molar-refractivity contribution in [3.8, 4) is 0 Å². The molecule has 2 aromatic rings. The second-order valence-corrected chi connectivity index (χ2v) is 4.68. The van der Waals surface area contributed by atoms with Gasteiger partial charge in [0.1, 0.15) is 10.3 Å². The summed E-state index contributed by atoms with van der Waals surface area (Å²) in [5.74, 6) is 0.442. The van der Waals surface area contributed by atoms with E-state index in [1.54, 1.807) is 0 Å². The molecule has 0 saturated carbocycles. The molecule has 1 saturated heterocycles. The van der Waals surface area contributed by atoms with E-state index in [4.69, 9.17) is 10.5 Å². The van der Waals surface area contributed by atoms with Crippen LogP contribution in [0, 0.1) is 0 Å². The highest BCUT2D eigenvalue weighted by Gasteiger charge is 2.19. The fourth-order valence-electron chi connectivity index (χ4n) is 1.84. The minimum atomic E-state index is 0.442. The molecule has 0 bridgehead atoms. The van der Waals surface area contributed by atoms with Crippen LogP contribution in [-0.4, -0.2) is 23.2 Å². The first-order chi connectivity index (χ1) is 7.33. The van der Waals surface area contributed by atoms with E-state index in [1.165, 1.54) is 11.3 Å². The number of ether oxygens (including phenoxy) is 1. The van der Waals surface area contributed by atoms with Crippen molar-refractivity contribution in [3.05, 3.63) is 17.8 Å². The normalized spacial score (nSPS) is 21.2. The maximum absolute atomic E-state index is 5.64. The Morgan fingerprint density at radius 1 is 1.40 bits per heavy atom. The predicted molar refractivity (Wildman–Crippen MR) is 60.0 cm³/mol. The van der Waals surface area contributed by atoms with Crippen LogP contribution in [0.15, 0.2) is 12.1 Å². The van der Waals surface area contributed by atoms with Crippen LogP contribution in [-0.2, 0) is 4.74 Å². The number of thiazole rings is 1. The lowest BCUT2D eigenvalue weighted by atomic mass is 10.0. The third-order valence-corrected chi connectivity index (χ3v) is 3.44. The maximum Gasteiger partial charge on any atom is 0.182 e. The predicted octanol–water partition coefficient (Wildman–Crippen LogP) is 1.78. The Morgan fingerprint density at radius 2 is 2.33 bits per heavy atom. The number of fused-ring (bicyclic) bond motifs is 1. The number of pyridine rings is 1. The Morgan fingerprint density at radius 3 is 3.13 bits per heavy atom. The fraction of sp³-hybridized carbons (Fsp3) is 0.400. The van der Waals surface area contributed by atoms with Crippen molar-refractivity contribution in [1.82, 2.24) is 9.97 Å². The van der Waals surface area contributed by atoms with Gasteiger partial charge in [-0.1, -0.05) is 11.3 Å². The number of anilines is 1. The lowest BCUT2D eigenvalue weighted by molar-refractivity contribution is 0.193. The molecule has 0 amide bonds. The SMILES string of the molecule is Nc1nc2ccc(C3CCOC3)nc2s1. The zero-order valence-electron chi connectivity index (χ0n) is 8.14. The van der Waals surface area contributed by atoms with Crippen molar-refractivity contribution < 1.29 is 4.74 Å². The van der Waals surface area contributed by atoms with Crippen LogP contribution in [0.4, 0.5) is 5.13 Å². The molecule has 0 radical (unpaired) electrons. The van der Waals surface area contributed by atoms with Crippen LogP contribution >= 0.6 is 11.3 Å². The largest absolute Gasteiger partial charge is 0.381 e. The number of rotatable bonds is 1. The highest BCUT2D eigenvalue weighted by atomic mass is 32.1. The molecule has 4 nitrogen and oxygen atoms in total. The Hall–Kier alpha value is -1.20. The molecule has 0 aromatic carbocycles. The molecule has 0 spiro atoms. The van der Waals surface area contributed by atoms with E-state index < -0.39 is 0 Å². The van der Waals surface area contributed by atoms with Gasteiger partial charge < -0.3 is 10.5 Å². The summed E-state index contributed by atoms with van der Waals surface area (Å²) >= 11 is 1.44. The van der Waals surface area contributed by atoms with Crippen molar-refractivity contribution in [2.75, 3.05) is 18.9 Å². The molecule has 2 N–H and O–H groups in total. The molecule has 78 valence electrons. The van der Waals surface area contributed by atoms with Gasteiger partial charge in [-0.15, -0.1) is 0 Å². The van der Waals surface area contributed by atoms with Gasteiger partial charge in [-0.2, -0.15) is 0 Å². The summed E-state index contributed by atoms with van der Waals surface area (Å²) in [5, 5.41) is 0.581. The number of nitrogens with two attached hydrogens (primary N) is 1. The first kappa shape index (κ1) is 9.06. The minimum absolute atomic E-state index is 0.442. The summed E-state index contributed by atoms with van der Waals surface area (Å²) < 4.78 is 5.35. The fourth-order valence-corrected chi connectivity index (χ4v) is 2.55. The molecular formula is C10H11N3OS. The van der Waals surface area contributed by atoms with E-state index in [1.807, 2.05) is 12.1 Å². The summed E-state index contributed by atoms with van der Waals surface area (Å²) in [6, 6.07) is 4.02. The second-order valence-electron chi connectivity index (χ2n) is 3.67. The van der Waals surface area contributed by atoms with Crippen LogP contribution in [0.2, 0.25) is 0 Å². The van der Waals surface area contributed by atoms with Crippen LogP contribution in [0.3, 0.4) is 0 Å². The number of nitrogen functional groups attached to an aromatic ring is 1. The first-order valence-electron chi connectivity index (χ1n) is 4.93. The molecular weight excluding hydrogens is 210 g/mol. The van der Waals surface area contributed by atoms with Crippen molar-refractivity contribution >= 4 is 26.8 Å². The molecule has 1 unspecified atom stereocenters. The summed E-state index contributed by atoms with van der Waals surface area (Å²) in [4.78, 5) is 9.69. The number of hydrogen-bond donors (Lipinski definition) is 1. The lowest BCUT2D eigenvalue weighted by Gasteiger charge is -2.05. The van der Waals surface area contributed by atoms with E-state index in [-0.39, 0.29) is 0 Å². The van der Waals surface area contributed by atoms with Crippen LogP contribution in [0.25, 0.3) is 10.3 Å². The maximum atomic E-state index is 5.64. The number of aromatic nitrogens is 2. The average Bonchev–Trinajstić information content (AvgIpc) is 2.82. The molecule has 0 aliphatic carbocycles. The molecule has 5 heteroatoms. The Bertz CT molecular complexity index is 490. The average molecular weight is 221 g/mol. The second kappa shape index (κ2) is 3.43. The third kappa shape index (κ3) is 1.57. The van der Waals surface area contributed by atoms with Gasteiger partial charge in [-0.3, -0.25) is 0 Å². The Balaban J connectivity index is 2.04. The van der Waals surface area contributed by atoms with E-state index in [0.717, 1.165) is 35.7 Å². The monoisotopic (exact) mass is 221 g/mol. The molecule has 2 aromatic heterocycles. The van der Waals surface area contributed by atoms with Gasteiger partial charge in [0.25, 0.3) is 0 Å². The summed E-state index contributed by atoms with van der Waals surface area (Å²) in [6.07, 6.45) is 1.06. The standard InChI is InChI=1S/C10H11N3OS/c11-10-13-8-2-1-7(12-9(8)15-10)6-3-4-14-5-6/h1-2,6H,3-5H2,(H2,11,13). The molecule has 3 rings (SSSR count). The third-order valence-electron chi connectivity index (χ3n) is 2.64. The highest BCUT2D eigenvalue weighted by Crippen LogP contribution is 2.27. The van der Waals surface area contributed by atoms with Gasteiger partial charge in [0.05, 0.1) is 6.61 Å². The van der Waals surface area contributed by atoms with Crippen LogP contribution < -0.4 is 5.73 Å². The van der Waals surface area contributed by atoms with Gasteiger partial charge in [0.2, 0.25) is 0 Å². The van der Waals surface area contributed by atoms with Gasteiger partial charge in [0.15, 0.2) is 5.13 Å². The number of hydrogen-bond acceptors (Lipinski definition) is 5. The van der Waals surface area contributed by atoms with Crippen molar-refractivity contribution in [1.29, 1.82) is 0 Å². The molecule has 1 atom stereocenters.